The van der Waals surface area contributed by atoms with Crippen LogP contribution in [0.4, 0.5) is 5.82 Å². The van der Waals surface area contributed by atoms with Crippen LogP contribution in [-0.2, 0) is 11.3 Å². The summed E-state index contributed by atoms with van der Waals surface area (Å²) < 4.78 is 1.59. The fourth-order valence-electron chi connectivity index (χ4n) is 2.41. The van der Waals surface area contributed by atoms with Gasteiger partial charge in [-0.2, -0.15) is 5.10 Å². The maximum atomic E-state index is 11.9. The van der Waals surface area contributed by atoms with Crippen molar-refractivity contribution in [1.82, 2.24) is 14.7 Å². The van der Waals surface area contributed by atoms with Gasteiger partial charge < -0.3 is 10.6 Å². The van der Waals surface area contributed by atoms with Crippen LogP contribution in [-0.4, -0.2) is 34.2 Å². The van der Waals surface area contributed by atoms with Gasteiger partial charge in [-0.15, -0.1) is 0 Å². The fraction of sp³-hybridized carbons (Fsp3) is 0.667. The van der Waals surface area contributed by atoms with Gasteiger partial charge in [0.25, 0.3) is 0 Å². The second-order valence-corrected chi connectivity index (χ2v) is 4.86. The number of rotatable bonds is 4. The fourth-order valence-corrected chi connectivity index (χ4v) is 2.41. The summed E-state index contributed by atoms with van der Waals surface area (Å²) >= 11 is 0. The van der Waals surface area contributed by atoms with Crippen molar-refractivity contribution in [3.63, 3.8) is 0 Å². The summed E-state index contributed by atoms with van der Waals surface area (Å²) in [5, 5.41) is 4.01. The third-order valence-corrected chi connectivity index (χ3v) is 3.39. The lowest BCUT2D eigenvalue weighted by Crippen LogP contribution is -2.33. The maximum Gasteiger partial charge on any atom is 0.244 e. The molecule has 0 aromatic carbocycles. The molecular weight excluding hydrogens is 216 g/mol. The van der Waals surface area contributed by atoms with Gasteiger partial charge in [0.05, 0.1) is 0 Å². The first-order chi connectivity index (χ1) is 8.15. The zero-order chi connectivity index (χ0) is 12.3. The normalized spacial score (nSPS) is 16.3. The van der Waals surface area contributed by atoms with Crippen LogP contribution in [0.2, 0.25) is 0 Å². The molecule has 2 rings (SSSR count). The standard InChI is InChI=1S/C12H20N4O/c1-15(8-10-4-2-3-5-10)12(17)9-16-7-6-11(13)14-16/h6-7,10H,2-5,8-9H2,1H3,(H2,13,14). The average Bonchev–Trinajstić information content (AvgIpc) is 2.90. The Balaban J connectivity index is 1.82. The van der Waals surface area contributed by atoms with Crippen molar-refractivity contribution in [3.05, 3.63) is 12.3 Å². The average molecular weight is 236 g/mol. The van der Waals surface area contributed by atoms with E-state index in [0.717, 1.165) is 6.54 Å². The Bertz CT molecular complexity index is 382. The summed E-state index contributed by atoms with van der Waals surface area (Å²) in [5.41, 5.74) is 5.51. The number of hydrogen-bond acceptors (Lipinski definition) is 3. The van der Waals surface area contributed by atoms with Crippen LogP contribution in [0.25, 0.3) is 0 Å². The zero-order valence-corrected chi connectivity index (χ0v) is 10.3. The number of amides is 1. The Hall–Kier alpha value is -1.52. The highest BCUT2D eigenvalue weighted by Gasteiger charge is 2.19. The van der Waals surface area contributed by atoms with Crippen LogP contribution in [0.1, 0.15) is 25.7 Å². The van der Waals surface area contributed by atoms with E-state index in [1.807, 2.05) is 11.9 Å². The van der Waals surface area contributed by atoms with E-state index in [0.29, 0.717) is 11.7 Å². The summed E-state index contributed by atoms with van der Waals surface area (Å²) in [6, 6.07) is 1.70. The molecule has 0 aliphatic heterocycles. The van der Waals surface area contributed by atoms with E-state index in [9.17, 15) is 4.79 Å². The van der Waals surface area contributed by atoms with Gasteiger partial charge in [0, 0.05) is 19.8 Å². The maximum absolute atomic E-state index is 11.9. The molecule has 0 unspecified atom stereocenters. The number of aromatic nitrogens is 2. The van der Waals surface area contributed by atoms with E-state index in [2.05, 4.69) is 5.10 Å². The molecule has 0 radical (unpaired) electrons. The molecule has 0 spiro atoms. The number of likely N-dealkylation sites (N-methyl/N-ethyl adjacent to an activating group) is 1. The molecule has 0 saturated heterocycles. The lowest BCUT2D eigenvalue weighted by molar-refractivity contribution is -0.131. The highest BCUT2D eigenvalue weighted by molar-refractivity contribution is 5.75. The first-order valence-electron chi connectivity index (χ1n) is 6.18. The number of anilines is 1. The molecule has 1 aliphatic rings. The summed E-state index contributed by atoms with van der Waals surface area (Å²) in [6.07, 6.45) is 6.86. The molecule has 1 amide bonds. The van der Waals surface area contributed by atoms with E-state index in [1.165, 1.54) is 25.7 Å². The number of nitrogens with two attached hydrogens (primary N) is 1. The smallest absolute Gasteiger partial charge is 0.244 e. The first kappa shape index (κ1) is 12.0. The molecule has 2 N–H and O–H groups in total. The Morgan fingerprint density at radius 1 is 1.59 bits per heavy atom. The van der Waals surface area contributed by atoms with Crippen LogP contribution in [0.15, 0.2) is 12.3 Å². The number of nitrogen functional groups attached to an aromatic ring is 1. The lowest BCUT2D eigenvalue weighted by atomic mass is 10.1. The minimum Gasteiger partial charge on any atom is -0.382 e. The van der Waals surface area contributed by atoms with Crippen LogP contribution in [0, 0.1) is 5.92 Å². The van der Waals surface area contributed by atoms with E-state index < -0.39 is 0 Å². The van der Waals surface area contributed by atoms with Gasteiger partial charge in [-0.05, 0) is 24.8 Å². The molecule has 0 atom stereocenters. The number of hydrogen-bond donors (Lipinski definition) is 1. The predicted molar refractivity (Wildman–Crippen MR) is 66.2 cm³/mol. The quantitative estimate of drug-likeness (QED) is 0.851. The van der Waals surface area contributed by atoms with E-state index in [1.54, 1.807) is 16.9 Å². The van der Waals surface area contributed by atoms with Crippen molar-refractivity contribution in [3.8, 4) is 0 Å². The van der Waals surface area contributed by atoms with E-state index >= 15 is 0 Å². The molecule has 1 heterocycles. The largest absolute Gasteiger partial charge is 0.382 e. The molecule has 0 bridgehead atoms. The van der Waals surface area contributed by atoms with Crippen LogP contribution < -0.4 is 5.73 Å². The molecule has 5 heteroatoms. The summed E-state index contributed by atoms with van der Waals surface area (Å²) in [6.45, 7) is 1.15. The lowest BCUT2D eigenvalue weighted by Gasteiger charge is -2.21. The van der Waals surface area contributed by atoms with Gasteiger partial charge in [0.2, 0.25) is 5.91 Å². The van der Waals surface area contributed by atoms with Gasteiger partial charge in [-0.25, -0.2) is 0 Å². The molecule has 5 nitrogen and oxygen atoms in total. The van der Waals surface area contributed by atoms with Crippen molar-refractivity contribution < 1.29 is 4.79 Å². The topological polar surface area (TPSA) is 64.2 Å². The SMILES string of the molecule is CN(CC1CCCC1)C(=O)Cn1ccc(N)n1. The minimum absolute atomic E-state index is 0.0972. The monoisotopic (exact) mass is 236 g/mol. The van der Waals surface area contributed by atoms with Gasteiger partial charge >= 0.3 is 0 Å². The second kappa shape index (κ2) is 5.21. The Kier molecular flexibility index (Phi) is 3.66. The summed E-state index contributed by atoms with van der Waals surface area (Å²) in [7, 11) is 1.87. The molecule has 1 aliphatic carbocycles. The van der Waals surface area contributed by atoms with Crippen molar-refractivity contribution in [1.29, 1.82) is 0 Å². The minimum atomic E-state index is 0.0972. The number of carbonyl (C=O) groups is 1. The number of nitrogens with zero attached hydrogens (tertiary/aromatic N) is 3. The van der Waals surface area contributed by atoms with Crippen LogP contribution in [0.5, 0.6) is 0 Å². The van der Waals surface area contributed by atoms with Crippen LogP contribution in [0.3, 0.4) is 0 Å². The van der Waals surface area contributed by atoms with Crippen molar-refractivity contribution in [2.75, 3.05) is 19.3 Å². The van der Waals surface area contributed by atoms with Gasteiger partial charge in [-0.1, -0.05) is 12.8 Å². The van der Waals surface area contributed by atoms with Crippen molar-refractivity contribution in [2.24, 2.45) is 5.92 Å². The third kappa shape index (κ3) is 3.22. The molecule has 1 fully saturated rings. The highest BCUT2D eigenvalue weighted by atomic mass is 16.2. The van der Waals surface area contributed by atoms with Crippen LogP contribution >= 0.6 is 0 Å². The highest BCUT2D eigenvalue weighted by Crippen LogP contribution is 2.25. The molecule has 1 saturated carbocycles. The van der Waals surface area contributed by atoms with Gasteiger partial charge in [-0.3, -0.25) is 9.48 Å². The molecule has 1 aromatic rings. The molecule has 1 aromatic heterocycles. The van der Waals surface area contributed by atoms with Gasteiger partial charge in [0.1, 0.15) is 12.4 Å². The van der Waals surface area contributed by atoms with Crippen molar-refractivity contribution in [2.45, 2.75) is 32.2 Å². The predicted octanol–water partition coefficient (Wildman–Crippen LogP) is 1.11. The molecule has 94 valence electrons. The van der Waals surface area contributed by atoms with Crippen molar-refractivity contribution >= 4 is 11.7 Å². The zero-order valence-electron chi connectivity index (χ0n) is 10.3. The molecule has 17 heavy (non-hydrogen) atoms. The first-order valence-corrected chi connectivity index (χ1v) is 6.18. The Morgan fingerprint density at radius 2 is 2.29 bits per heavy atom. The van der Waals surface area contributed by atoms with E-state index in [4.69, 9.17) is 5.73 Å². The van der Waals surface area contributed by atoms with E-state index in [-0.39, 0.29) is 12.5 Å². The second-order valence-electron chi connectivity index (χ2n) is 4.86. The number of carbonyl (C=O) groups excluding carboxylic acids is 1. The third-order valence-electron chi connectivity index (χ3n) is 3.39. The van der Waals surface area contributed by atoms with Gasteiger partial charge in [0.15, 0.2) is 0 Å². The Morgan fingerprint density at radius 3 is 2.88 bits per heavy atom. The summed E-state index contributed by atoms with van der Waals surface area (Å²) in [5.74, 6) is 1.24. The summed E-state index contributed by atoms with van der Waals surface area (Å²) in [4.78, 5) is 13.7. The molecular formula is C12H20N4O. The Labute approximate surface area is 102 Å².